The zero-order chi connectivity index (χ0) is 15.6. The molecule has 128 valence electrons. The molecular formula is C14H20Cl3N5O. The molecule has 0 unspecified atom stereocenters. The number of nitrogens with zero attached hydrogens (tertiary/aromatic N) is 3. The molecule has 0 aliphatic carbocycles. The van der Waals surface area contributed by atoms with Gasteiger partial charge in [-0.2, -0.15) is 4.99 Å². The topological polar surface area (TPSA) is 89.6 Å². The largest absolute Gasteiger partial charge is 0.370 e. The molecule has 2 rings (SSSR count). The van der Waals surface area contributed by atoms with Crippen molar-refractivity contribution in [1.82, 2.24) is 9.47 Å². The van der Waals surface area contributed by atoms with Crippen LogP contribution in [0.4, 0.5) is 0 Å². The Morgan fingerprint density at radius 3 is 2.48 bits per heavy atom. The third-order valence-corrected chi connectivity index (χ3v) is 3.32. The van der Waals surface area contributed by atoms with Crippen molar-refractivity contribution in [1.29, 1.82) is 0 Å². The van der Waals surface area contributed by atoms with Crippen molar-refractivity contribution in [3.8, 4) is 0 Å². The normalized spacial score (nSPS) is 10.1. The van der Waals surface area contributed by atoms with E-state index in [4.69, 9.17) is 23.1 Å². The molecule has 23 heavy (non-hydrogen) atoms. The van der Waals surface area contributed by atoms with Crippen LogP contribution in [0.15, 0.2) is 29.3 Å². The average Bonchev–Trinajstić information content (AvgIpc) is 2.73. The lowest BCUT2D eigenvalue weighted by Crippen LogP contribution is -2.25. The van der Waals surface area contributed by atoms with E-state index in [0.29, 0.717) is 17.3 Å². The summed E-state index contributed by atoms with van der Waals surface area (Å²) < 4.78 is 1.90. The van der Waals surface area contributed by atoms with Crippen molar-refractivity contribution < 1.29 is 4.79 Å². The summed E-state index contributed by atoms with van der Waals surface area (Å²) in [6.07, 6.45) is 0. The van der Waals surface area contributed by atoms with Gasteiger partial charge in [0.1, 0.15) is 5.69 Å². The van der Waals surface area contributed by atoms with Crippen molar-refractivity contribution in [3.05, 3.63) is 35.0 Å². The molecule has 1 aromatic heterocycles. The van der Waals surface area contributed by atoms with Crippen LogP contribution in [-0.2, 0) is 6.54 Å². The van der Waals surface area contributed by atoms with Crippen LogP contribution in [-0.4, -0.2) is 42.0 Å². The Morgan fingerprint density at radius 2 is 1.91 bits per heavy atom. The third kappa shape index (κ3) is 5.28. The van der Waals surface area contributed by atoms with E-state index in [0.717, 1.165) is 17.4 Å². The van der Waals surface area contributed by atoms with E-state index in [1.165, 1.54) is 0 Å². The number of aromatic nitrogens is 1. The number of carbonyl (C=O) groups excluding carboxylic acids is 1. The Morgan fingerprint density at radius 1 is 1.26 bits per heavy atom. The molecule has 0 bridgehead atoms. The van der Waals surface area contributed by atoms with Crippen LogP contribution in [0.3, 0.4) is 0 Å². The van der Waals surface area contributed by atoms with E-state index in [-0.39, 0.29) is 30.8 Å². The zero-order valence-corrected chi connectivity index (χ0v) is 15.2. The van der Waals surface area contributed by atoms with Gasteiger partial charge in [-0.25, -0.2) is 0 Å². The molecule has 9 heteroatoms. The molecule has 1 aromatic carbocycles. The lowest BCUT2D eigenvalue weighted by atomic mass is 10.2. The number of aliphatic imine (C=N–C) groups is 1. The second-order valence-corrected chi connectivity index (χ2v) is 5.47. The minimum atomic E-state index is -0.457. The SMILES string of the molecule is CN(C)CCn1c(C(=O)N=C(N)N)cc2cc(Cl)ccc21.Cl.Cl. The maximum Gasteiger partial charge on any atom is 0.296 e. The lowest BCUT2D eigenvalue weighted by Gasteiger charge is -2.13. The highest BCUT2D eigenvalue weighted by atomic mass is 35.5. The van der Waals surface area contributed by atoms with Gasteiger partial charge in [0.2, 0.25) is 0 Å². The van der Waals surface area contributed by atoms with Crippen LogP contribution in [0.2, 0.25) is 5.02 Å². The second kappa shape index (κ2) is 8.98. The summed E-state index contributed by atoms with van der Waals surface area (Å²) in [5.41, 5.74) is 12.0. The maximum atomic E-state index is 12.2. The average molecular weight is 381 g/mol. The number of rotatable bonds is 4. The summed E-state index contributed by atoms with van der Waals surface area (Å²) in [5.74, 6) is -0.705. The number of fused-ring (bicyclic) bond motifs is 1. The fraction of sp³-hybridized carbons (Fsp3) is 0.286. The summed E-state index contributed by atoms with van der Waals surface area (Å²) >= 11 is 6.00. The molecule has 4 N–H and O–H groups in total. The Balaban J connectivity index is 0.00000242. The van der Waals surface area contributed by atoms with E-state index in [9.17, 15) is 4.79 Å². The first-order valence-corrected chi connectivity index (χ1v) is 6.84. The van der Waals surface area contributed by atoms with Crippen LogP contribution in [0.25, 0.3) is 10.9 Å². The fourth-order valence-corrected chi connectivity index (χ4v) is 2.31. The first-order chi connectivity index (χ1) is 9.88. The third-order valence-electron chi connectivity index (χ3n) is 3.08. The molecule has 0 atom stereocenters. The van der Waals surface area contributed by atoms with Gasteiger partial charge in [-0.05, 0) is 38.4 Å². The summed E-state index contributed by atoms with van der Waals surface area (Å²) in [7, 11) is 3.94. The van der Waals surface area contributed by atoms with Crippen LogP contribution in [0.1, 0.15) is 10.5 Å². The second-order valence-electron chi connectivity index (χ2n) is 5.03. The van der Waals surface area contributed by atoms with Crippen molar-refractivity contribution in [3.63, 3.8) is 0 Å². The van der Waals surface area contributed by atoms with Gasteiger partial charge in [0.05, 0.1) is 0 Å². The van der Waals surface area contributed by atoms with Crippen LogP contribution in [0, 0.1) is 0 Å². The Bertz CT molecular complexity index is 708. The molecule has 0 aliphatic rings. The predicted molar refractivity (Wildman–Crippen MR) is 100 cm³/mol. The fourth-order valence-electron chi connectivity index (χ4n) is 2.13. The highest BCUT2D eigenvalue weighted by Crippen LogP contribution is 2.24. The van der Waals surface area contributed by atoms with E-state index < -0.39 is 5.91 Å². The molecule has 1 amide bonds. The molecule has 0 radical (unpaired) electrons. The molecule has 2 aromatic rings. The molecule has 0 aliphatic heterocycles. The van der Waals surface area contributed by atoms with Gasteiger partial charge in [0.25, 0.3) is 5.91 Å². The van der Waals surface area contributed by atoms with E-state index >= 15 is 0 Å². The Labute approximate surface area is 152 Å². The summed E-state index contributed by atoms with van der Waals surface area (Å²) in [5, 5.41) is 1.50. The minimum Gasteiger partial charge on any atom is -0.370 e. The van der Waals surface area contributed by atoms with Gasteiger partial charge in [0.15, 0.2) is 5.96 Å². The number of carbonyl (C=O) groups is 1. The van der Waals surface area contributed by atoms with E-state index in [1.54, 1.807) is 12.1 Å². The minimum absolute atomic E-state index is 0. The highest BCUT2D eigenvalue weighted by molar-refractivity contribution is 6.31. The number of halogens is 3. The van der Waals surface area contributed by atoms with Crippen molar-refractivity contribution in [2.24, 2.45) is 16.5 Å². The number of amides is 1. The van der Waals surface area contributed by atoms with Gasteiger partial charge in [-0.1, -0.05) is 11.6 Å². The molecule has 1 heterocycles. The standard InChI is InChI=1S/C14H18ClN5O.2ClH/c1-19(2)5-6-20-11-4-3-10(15)7-9(11)8-12(20)13(21)18-14(16)17;;/h3-4,7-8H,5-6H2,1-2H3,(H4,16,17,18,21);2*1H. The quantitative estimate of drug-likeness (QED) is 0.628. The van der Waals surface area contributed by atoms with Gasteiger partial charge in [0, 0.05) is 29.0 Å². The molecule has 0 fully saturated rings. The number of nitrogens with two attached hydrogens (primary N) is 2. The van der Waals surface area contributed by atoms with Gasteiger partial charge >= 0.3 is 0 Å². The molecule has 0 spiro atoms. The Hall–Kier alpha value is -1.47. The number of hydrogen-bond acceptors (Lipinski definition) is 2. The van der Waals surface area contributed by atoms with Crippen LogP contribution >= 0.6 is 36.4 Å². The monoisotopic (exact) mass is 379 g/mol. The number of hydrogen-bond donors (Lipinski definition) is 2. The maximum absolute atomic E-state index is 12.2. The van der Waals surface area contributed by atoms with Crippen molar-refractivity contribution >= 4 is 59.2 Å². The van der Waals surface area contributed by atoms with Crippen molar-refractivity contribution in [2.75, 3.05) is 20.6 Å². The molecule has 0 saturated carbocycles. The van der Waals surface area contributed by atoms with Gasteiger partial charge in [-0.15, -0.1) is 24.8 Å². The van der Waals surface area contributed by atoms with E-state index in [1.807, 2.05) is 35.7 Å². The summed E-state index contributed by atoms with van der Waals surface area (Å²) in [6, 6.07) is 7.26. The molecule has 0 saturated heterocycles. The first-order valence-electron chi connectivity index (χ1n) is 6.46. The zero-order valence-electron chi connectivity index (χ0n) is 12.8. The summed E-state index contributed by atoms with van der Waals surface area (Å²) in [6.45, 7) is 1.44. The molecule has 6 nitrogen and oxygen atoms in total. The number of benzene rings is 1. The highest BCUT2D eigenvalue weighted by Gasteiger charge is 2.15. The smallest absolute Gasteiger partial charge is 0.296 e. The summed E-state index contributed by atoms with van der Waals surface area (Å²) in [4.78, 5) is 17.8. The number of likely N-dealkylation sites (N-methyl/N-ethyl adjacent to an activating group) is 1. The van der Waals surface area contributed by atoms with Crippen LogP contribution < -0.4 is 11.5 Å². The van der Waals surface area contributed by atoms with E-state index in [2.05, 4.69) is 4.99 Å². The van der Waals surface area contributed by atoms with Crippen molar-refractivity contribution in [2.45, 2.75) is 6.54 Å². The lowest BCUT2D eigenvalue weighted by molar-refractivity contribution is 0.0994. The Kier molecular flexibility index (Phi) is 8.41. The number of guanidine groups is 1. The molecular weight excluding hydrogens is 361 g/mol. The predicted octanol–water partition coefficient (Wildman–Crippen LogP) is 2.11. The first kappa shape index (κ1) is 21.5. The van der Waals surface area contributed by atoms with Crippen LogP contribution in [0.5, 0.6) is 0 Å². The van der Waals surface area contributed by atoms with Gasteiger partial charge in [-0.3, -0.25) is 4.79 Å². The van der Waals surface area contributed by atoms with Gasteiger partial charge < -0.3 is 20.9 Å².